The van der Waals surface area contributed by atoms with Gasteiger partial charge in [-0.25, -0.2) is 0 Å². The van der Waals surface area contributed by atoms with E-state index >= 15 is 0 Å². The van der Waals surface area contributed by atoms with E-state index in [1.165, 1.54) is 6.92 Å². The van der Waals surface area contributed by atoms with Crippen molar-refractivity contribution in [3.8, 4) is 0 Å². The number of carbonyl (C=O) groups excluding carboxylic acids is 2. The molecule has 7 heteroatoms. The van der Waals surface area contributed by atoms with Crippen LogP contribution in [0.1, 0.15) is 93.9 Å². The van der Waals surface area contributed by atoms with E-state index in [1.54, 1.807) is 13.8 Å². The Kier molecular flexibility index (Phi) is 6.59. The summed E-state index contributed by atoms with van der Waals surface area (Å²) in [6.45, 7) is 14.6. The van der Waals surface area contributed by atoms with Gasteiger partial charge in [0.05, 0.1) is 23.9 Å². The van der Waals surface area contributed by atoms with Crippen LogP contribution in [-0.2, 0) is 9.59 Å². The molecule has 0 radical (unpaired) electrons. The van der Waals surface area contributed by atoms with E-state index in [1.807, 2.05) is 27.7 Å². The lowest BCUT2D eigenvalue weighted by molar-refractivity contribution is -0.188. The predicted molar refractivity (Wildman–Crippen MR) is 139 cm³/mol. The highest BCUT2D eigenvalue weighted by atomic mass is 16.3. The molecule has 0 unspecified atom stereocenters. The minimum absolute atomic E-state index is 0.0227. The highest BCUT2D eigenvalue weighted by Gasteiger charge is 2.74. The SMILES string of the molecule is CC(C)(O)CCC(=O)[C@](C)(O)[C@H]1[C@H](O)C[C@@]2(C)[C@@H]3CC=C4[C@@H](C[C@H](O)[C@H](O)C4(C)C)[C@]3(C)C(=O)C[C@]12C. The zero-order valence-corrected chi connectivity index (χ0v) is 23.8. The molecule has 4 aliphatic carbocycles. The summed E-state index contributed by atoms with van der Waals surface area (Å²) < 4.78 is 0. The van der Waals surface area contributed by atoms with Crippen molar-refractivity contribution < 1.29 is 35.1 Å². The number of carbonyl (C=O) groups is 2. The van der Waals surface area contributed by atoms with Gasteiger partial charge in [0.2, 0.25) is 0 Å². The number of Topliss-reactive ketones (excluding diaryl/α,β-unsaturated/α-hetero) is 2. The molecule has 0 saturated heterocycles. The third-order valence-electron chi connectivity index (χ3n) is 11.8. The second-order valence-electron chi connectivity index (χ2n) is 14.8. The third kappa shape index (κ3) is 3.86. The van der Waals surface area contributed by atoms with E-state index in [-0.39, 0.29) is 36.9 Å². The van der Waals surface area contributed by atoms with Crippen molar-refractivity contribution >= 4 is 11.6 Å². The summed E-state index contributed by atoms with van der Waals surface area (Å²) in [4.78, 5) is 27.5. The molecule has 0 aromatic heterocycles. The molecule has 0 aromatic carbocycles. The smallest absolute Gasteiger partial charge is 0.164 e. The van der Waals surface area contributed by atoms with E-state index in [9.17, 15) is 35.1 Å². The van der Waals surface area contributed by atoms with Gasteiger partial charge in [-0.15, -0.1) is 0 Å². The Morgan fingerprint density at radius 2 is 1.59 bits per heavy atom. The normalized spacial score (nSPS) is 46.8. The summed E-state index contributed by atoms with van der Waals surface area (Å²) >= 11 is 0. The maximum absolute atomic E-state index is 14.2. The highest BCUT2D eigenvalue weighted by molar-refractivity contribution is 5.90. The molecule has 3 fully saturated rings. The Morgan fingerprint density at radius 3 is 2.16 bits per heavy atom. The fourth-order valence-corrected chi connectivity index (χ4v) is 9.40. The van der Waals surface area contributed by atoms with Crippen LogP contribution in [0.5, 0.6) is 0 Å². The van der Waals surface area contributed by atoms with Crippen LogP contribution < -0.4 is 0 Å². The lowest BCUT2D eigenvalue weighted by Gasteiger charge is -2.65. The standard InChI is InChI=1S/C30H48O7/c1-25(2,36)12-11-21(33)30(8,37)23-19(32)14-27(5)20-10-9-16-17(13-18(31)24(35)26(16,3)4)29(20,7)22(34)15-28(23,27)6/h9,17-20,23-24,31-32,35-37H,10-15H2,1-8H3/t17-,18+,19-,20+,23+,24+,27+,28-,29+,30+/m1/s1. The fraction of sp³-hybridized carbons (Fsp3) is 0.867. The summed E-state index contributed by atoms with van der Waals surface area (Å²) in [5.74, 6) is -1.60. The van der Waals surface area contributed by atoms with Crippen LogP contribution in [0.15, 0.2) is 11.6 Å². The molecule has 4 aliphatic rings. The van der Waals surface area contributed by atoms with Gasteiger partial charge in [-0.3, -0.25) is 9.59 Å². The molecule has 7 nitrogen and oxygen atoms in total. The fourth-order valence-electron chi connectivity index (χ4n) is 9.40. The highest BCUT2D eigenvalue weighted by Crippen LogP contribution is 2.74. The van der Waals surface area contributed by atoms with Gasteiger partial charge in [0.1, 0.15) is 11.4 Å². The number of allylic oxidation sites excluding steroid dienone is 1. The van der Waals surface area contributed by atoms with Crippen molar-refractivity contribution in [2.45, 2.75) is 123 Å². The van der Waals surface area contributed by atoms with E-state index in [0.717, 1.165) is 5.57 Å². The summed E-state index contributed by atoms with van der Waals surface area (Å²) in [5, 5.41) is 54.8. The number of hydrogen-bond acceptors (Lipinski definition) is 7. The van der Waals surface area contributed by atoms with Crippen molar-refractivity contribution in [3.05, 3.63) is 11.6 Å². The number of hydrogen-bond donors (Lipinski definition) is 5. The van der Waals surface area contributed by atoms with Gasteiger partial charge in [0.25, 0.3) is 0 Å². The van der Waals surface area contributed by atoms with Crippen molar-refractivity contribution in [2.24, 2.45) is 39.4 Å². The minimum atomic E-state index is -1.85. The molecule has 5 N–H and O–H groups in total. The Morgan fingerprint density at radius 1 is 1.00 bits per heavy atom. The quantitative estimate of drug-likeness (QED) is 0.352. The molecule has 0 aromatic rings. The maximum Gasteiger partial charge on any atom is 0.164 e. The summed E-state index contributed by atoms with van der Waals surface area (Å²) in [6.07, 6.45) is 0.895. The van der Waals surface area contributed by atoms with Gasteiger partial charge in [-0.05, 0) is 69.1 Å². The first kappa shape index (κ1) is 28.9. The largest absolute Gasteiger partial charge is 0.393 e. The molecule has 37 heavy (non-hydrogen) atoms. The molecule has 4 rings (SSSR count). The molecular formula is C30H48O7. The molecule has 0 amide bonds. The van der Waals surface area contributed by atoms with Crippen molar-refractivity contribution in [3.63, 3.8) is 0 Å². The second-order valence-corrected chi connectivity index (χ2v) is 14.8. The van der Waals surface area contributed by atoms with Crippen LogP contribution in [0, 0.1) is 39.4 Å². The third-order valence-corrected chi connectivity index (χ3v) is 11.8. The first-order valence-corrected chi connectivity index (χ1v) is 13.9. The van der Waals surface area contributed by atoms with Crippen LogP contribution in [0.4, 0.5) is 0 Å². The van der Waals surface area contributed by atoms with Gasteiger partial charge in [0, 0.05) is 29.6 Å². The van der Waals surface area contributed by atoms with Gasteiger partial charge >= 0.3 is 0 Å². The monoisotopic (exact) mass is 520 g/mol. The average molecular weight is 521 g/mol. The molecule has 0 heterocycles. The lowest BCUT2D eigenvalue weighted by atomic mass is 9.38. The Labute approximate surface area is 221 Å². The molecule has 0 aliphatic heterocycles. The number of rotatable bonds is 5. The van der Waals surface area contributed by atoms with Gasteiger partial charge in [-0.2, -0.15) is 0 Å². The second kappa shape index (κ2) is 8.44. The molecule has 0 spiro atoms. The van der Waals surface area contributed by atoms with E-state index < -0.39 is 62.9 Å². The topological polar surface area (TPSA) is 135 Å². The van der Waals surface area contributed by atoms with Crippen LogP contribution >= 0.6 is 0 Å². The lowest BCUT2D eigenvalue weighted by Crippen LogP contribution is -2.65. The van der Waals surface area contributed by atoms with E-state index in [4.69, 9.17) is 0 Å². The zero-order valence-electron chi connectivity index (χ0n) is 23.8. The van der Waals surface area contributed by atoms with Crippen molar-refractivity contribution in [1.29, 1.82) is 0 Å². The molecule has 10 atom stereocenters. The van der Waals surface area contributed by atoms with Crippen LogP contribution in [0.3, 0.4) is 0 Å². The number of aliphatic hydroxyl groups excluding tert-OH is 3. The number of aliphatic hydroxyl groups is 5. The first-order valence-electron chi connectivity index (χ1n) is 13.9. The Balaban J connectivity index is 1.76. The predicted octanol–water partition coefficient (Wildman–Crippen LogP) is 2.94. The zero-order chi connectivity index (χ0) is 28.1. The molecule has 3 saturated carbocycles. The summed E-state index contributed by atoms with van der Waals surface area (Å²) in [7, 11) is 0. The minimum Gasteiger partial charge on any atom is -0.393 e. The van der Waals surface area contributed by atoms with Crippen LogP contribution in [-0.4, -0.2) is 66.6 Å². The van der Waals surface area contributed by atoms with Gasteiger partial charge in [0.15, 0.2) is 5.78 Å². The summed E-state index contributed by atoms with van der Waals surface area (Å²) in [5.41, 5.74) is -4.71. The van der Waals surface area contributed by atoms with Gasteiger partial charge in [-0.1, -0.05) is 46.3 Å². The average Bonchev–Trinajstić information content (AvgIpc) is 2.96. The first-order chi connectivity index (χ1) is 16.7. The Bertz CT molecular complexity index is 1010. The number of ketones is 2. The maximum atomic E-state index is 14.2. The van der Waals surface area contributed by atoms with E-state index in [0.29, 0.717) is 19.3 Å². The Hall–Kier alpha value is -1.12. The van der Waals surface area contributed by atoms with Gasteiger partial charge < -0.3 is 25.5 Å². The van der Waals surface area contributed by atoms with Crippen molar-refractivity contribution in [2.75, 3.05) is 0 Å². The van der Waals surface area contributed by atoms with Crippen molar-refractivity contribution in [1.82, 2.24) is 0 Å². The molecule has 0 bridgehead atoms. The number of fused-ring (bicyclic) bond motifs is 5. The van der Waals surface area contributed by atoms with E-state index in [2.05, 4.69) is 13.0 Å². The molecular weight excluding hydrogens is 472 g/mol. The molecule has 210 valence electrons. The summed E-state index contributed by atoms with van der Waals surface area (Å²) in [6, 6.07) is 0. The van der Waals surface area contributed by atoms with Crippen LogP contribution in [0.2, 0.25) is 0 Å². The van der Waals surface area contributed by atoms with Crippen LogP contribution in [0.25, 0.3) is 0 Å².